The van der Waals surface area contributed by atoms with Gasteiger partial charge < -0.3 is 9.37 Å². The lowest BCUT2D eigenvalue weighted by Gasteiger charge is -2.40. The number of hydrogen-bond donors (Lipinski definition) is 0. The fourth-order valence-electron chi connectivity index (χ4n) is 2.33. The maximum absolute atomic E-state index is 6.86. The Balaban J connectivity index is 2.70. The Morgan fingerprint density at radius 2 is 1.78 bits per heavy atom. The second kappa shape index (κ2) is 8.07. The number of hydrogen-bond acceptors (Lipinski definition) is 3. The van der Waals surface area contributed by atoms with E-state index in [1.54, 1.807) is 0 Å². The minimum atomic E-state index is -0.692. The minimum absolute atomic E-state index is 0.469. The van der Waals surface area contributed by atoms with Crippen molar-refractivity contribution in [2.24, 2.45) is 0 Å². The van der Waals surface area contributed by atoms with E-state index in [4.69, 9.17) is 11.1 Å². The van der Waals surface area contributed by atoms with Gasteiger partial charge in [0.1, 0.15) is 6.61 Å². The summed E-state index contributed by atoms with van der Waals surface area (Å²) < 4.78 is 11.0. The monoisotopic (exact) mass is 271 g/mol. The Hall–Kier alpha value is -0.200. The second-order valence-electron chi connectivity index (χ2n) is 5.20. The first-order chi connectivity index (χ1) is 8.57. The quantitative estimate of drug-likeness (QED) is 0.402. The van der Waals surface area contributed by atoms with Gasteiger partial charge in [0, 0.05) is 25.2 Å². The molecular weight excluding hydrogens is 245 g/mol. The van der Waals surface area contributed by atoms with Gasteiger partial charge in [-0.25, -0.2) is 15.9 Å². The van der Waals surface area contributed by atoms with E-state index < -0.39 is 8.45 Å². The Kier molecular flexibility index (Phi) is 7.11. The molecule has 0 spiro atoms. The number of nitrogens with zero attached hydrogens (tertiary/aromatic N) is 3. The molecule has 18 heavy (non-hydrogen) atoms. The van der Waals surface area contributed by atoms with Gasteiger partial charge in [-0.05, 0) is 40.5 Å². The molecule has 5 heteroatoms. The number of rotatable bonds is 7. The predicted octanol–water partition coefficient (Wildman–Crippen LogP) is 3.36. The molecule has 1 saturated heterocycles. The summed E-state index contributed by atoms with van der Waals surface area (Å²) in [5, 5.41) is 0. The molecule has 1 fully saturated rings. The Bertz CT molecular complexity index is 264. The third-order valence-corrected chi connectivity index (χ3v) is 5.61. The average molecular weight is 271 g/mol. The third-order valence-electron chi connectivity index (χ3n) is 2.99. The van der Waals surface area contributed by atoms with Crippen LogP contribution in [0.2, 0.25) is 0 Å². The molecule has 0 amide bonds. The molecule has 1 aliphatic rings. The van der Waals surface area contributed by atoms with Crippen LogP contribution in [0.3, 0.4) is 0 Å². The maximum atomic E-state index is 6.86. The van der Waals surface area contributed by atoms with Gasteiger partial charge in [-0.3, -0.25) is 0 Å². The molecule has 104 valence electrons. The molecule has 0 aliphatic carbocycles. The zero-order valence-corrected chi connectivity index (χ0v) is 13.0. The molecule has 0 saturated carbocycles. The highest BCUT2D eigenvalue weighted by Gasteiger charge is 2.32. The van der Waals surface area contributed by atoms with E-state index in [9.17, 15) is 0 Å². The van der Waals surface area contributed by atoms with Gasteiger partial charge in [0.2, 0.25) is 6.54 Å². The van der Waals surface area contributed by atoms with Crippen LogP contribution >= 0.6 is 8.45 Å². The summed E-state index contributed by atoms with van der Waals surface area (Å²) in [6, 6.07) is 0.953. The fourth-order valence-corrected chi connectivity index (χ4v) is 4.57. The summed E-state index contributed by atoms with van der Waals surface area (Å²) in [5.74, 6) is 0. The summed E-state index contributed by atoms with van der Waals surface area (Å²) in [6.07, 6.45) is 2.55. The molecular formula is C13H26N3OP. The Morgan fingerprint density at radius 1 is 1.22 bits per heavy atom. The van der Waals surface area contributed by atoms with E-state index in [0.29, 0.717) is 25.2 Å². The van der Waals surface area contributed by atoms with Crippen LogP contribution in [0.25, 0.3) is 4.85 Å². The molecule has 0 N–H and O–H groups in total. The van der Waals surface area contributed by atoms with Gasteiger partial charge in [0.05, 0.1) is 0 Å². The molecule has 0 bridgehead atoms. The normalized spacial score (nSPS) is 18.8. The average Bonchev–Trinajstić information content (AvgIpc) is 2.80. The second-order valence-corrected chi connectivity index (χ2v) is 6.99. The van der Waals surface area contributed by atoms with Gasteiger partial charge in [-0.1, -0.05) is 0 Å². The summed E-state index contributed by atoms with van der Waals surface area (Å²) in [7, 11) is -0.692. The standard InChI is InChI=1S/C13H26N3OP/c1-12(2)16(13(3)4)18(17-11-8-14-5)15-9-6-7-10-15/h12-13H,6-11H2,1-4H3. The smallest absolute Gasteiger partial charge is 0.238 e. The van der Waals surface area contributed by atoms with Crippen molar-refractivity contribution in [1.29, 1.82) is 0 Å². The topological polar surface area (TPSA) is 20.1 Å². The third kappa shape index (κ3) is 4.48. The van der Waals surface area contributed by atoms with E-state index in [1.807, 2.05) is 0 Å². The highest BCUT2D eigenvalue weighted by molar-refractivity contribution is 7.47. The highest BCUT2D eigenvalue weighted by Crippen LogP contribution is 2.49. The summed E-state index contributed by atoms with van der Waals surface area (Å²) in [5.41, 5.74) is 0. The molecule has 1 aliphatic heterocycles. The van der Waals surface area contributed by atoms with Crippen LogP contribution in [0.5, 0.6) is 0 Å². The van der Waals surface area contributed by atoms with Crippen molar-refractivity contribution in [1.82, 2.24) is 9.34 Å². The van der Waals surface area contributed by atoms with Gasteiger partial charge >= 0.3 is 0 Å². The lowest BCUT2D eigenvalue weighted by Crippen LogP contribution is -2.38. The van der Waals surface area contributed by atoms with Crippen molar-refractivity contribution in [3.05, 3.63) is 11.4 Å². The Morgan fingerprint density at radius 3 is 2.22 bits per heavy atom. The van der Waals surface area contributed by atoms with Crippen molar-refractivity contribution >= 4 is 8.45 Å². The molecule has 4 nitrogen and oxygen atoms in total. The Labute approximate surface area is 113 Å². The minimum Gasteiger partial charge on any atom is -0.323 e. The van der Waals surface area contributed by atoms with Crippen LogP contribution in [-0.4, -0.2) is 47.7 Å². The van der Waals surface area contributed by atoms with Crippen LogP contribution in [0.4, 0.5) is 0 Å². The van der Waals surface area contributed by atoms with Gasteiger partial charge in [0.25, 0.3) is 0 Å². The SMILES string of the molecule is [C-]#[N+]CCOP(N1CCCC1)N(C(C)C)C(C)C. The van der Waals surface area contributed by atoms with Crippen LogP contribution in [0.15, 0.2) is 0 Å². The van der Waals surface area contributed by atoms with Crippen molar-refractivity contribution in [3.63, 3.8) is 0 Å². The molecule has 1 heterocycles. The van der Waals surface area contributed by atoms with Crippen molar-refractivity contribution in [2.75, 3.05) is 26.2 Å². The summed E-state index contributed by atoms with van der Waals surface area (Å²) in [4.78, 5) is 3.38. The van der Waals surface area contributed by atoms with Crippen LogP contribution in [-0.2, 0) is 4.52 Å². The van der Waals surface area contributed by atoms with E-state index in [-0.39, 0.29) is 0 Å². The van der Waals surface area contributed by atoms with Crippen molar-refractivity contribution in [3.8, 4) is 0 Å². The predicted molar refractivity (Wildman–Crippen MR) is 77.3 cm³/mol. The van der Waals surface area contributed by atoms with Gasteiger partial charge in [0.15, 0.2) is 8.45 Å². The fraction of sp³-hybridized carbons (Fsp3) is 0.923. The maximum Gasteiger partial charge on any atom is 0.238 e. The van der Waals surface area contributed by atoms with Gasteiger partial charge in [-0.2, -0.15) is 0 Å². The molecule has 0 radical (unpaired) electrons. The van der Waals surface area contributed by atoms with Crippen LogP contribution < -0.4 is 0 Å². The lowest BCUT2D eigenvalue weighted by atomic mass is 10.3. The van der Waals surface area contributed by atoms with E-state index in [2.05, 4.69) is 41.9 Å². The zero-order chi connectivity index (χ0) is 13.5. The van der Waals surface area contributed by atoms with Crippen molar-refractivity contribution in [2.45, 2.75) is 52.6 Å². The zero-order valence-electron chi connectivity index (χ0n) is 12.1. The largest absolute Gasteiger partial charge is 0.323 e. The highest BCUT2D eigenvalue weighted by atomic mass is 31.2. The van der Waals surface area contributed by atoms with E-state index >= 15 is 0 Å². The molecule has 0 aromatic carbocycles. The molecule has 0 aromatic rings. The first-order valence-corrected chi connectivity index (χ1v) is 8.03. The van der Waals surface area contributed by atoms with Gasteiger partial charge in [-0.15, -0.1) is 0 Å². The van der Waals surface area contributed by atoms with Crippen LogP contribution in [0, 0.1) is 6.57 Å². The van der Waals surface area contributed by atoms with Crippen LogP contribution in [0.1, 0.15) is 40.5 Å². The first-order valence-electron chi connectivity index (χ1n) is 6.87. The van der Waals surface area contributed by atoms with Crippen molar-refractivity contribution < 1.29 is 4.52 Å². The lowest BCUT2D eigenvalue weighted by molar-refractivity contribution is 0.228. The molecule has 1 atom stereocenters. The van der Waals surface area contributed by atoms with E-state index in [1.165, 1.54) is 12.8 Å². The summed E-state index contributed by atoms with van der Waals surface area (Å²) in [6.45, 7) is 19.1. The summed E-state index contributed by atoms with van der Waals surface area (Å²) >= 11 is 0. The molecule has 1 rings (SSSR count). The van der Waals surface area contributed by atoms with E-state index in [0.717, 1.165) is 13.1 Å². The molecule has 1 unspecified atom stereocenters. The first kappa shape index (κ1) is 15.9. The molecule has 0 aromatic heterocycles.